The first kappa shape index (κ1) is 29.6. The fourth-order valence-corrected chi connectivity index (χ4v) is 6.88. The van der Waals surface area contributed by atoms with Gasteiger partial charge in [0.15, 0.2) is 11.6 Å². The molecule has 212 valence electrons. The number of halogens is 3. The fraction of sp³-hybridized carbons (Fsp3) is 0.259. The molecule has 2 N–H and O–H groups in total. The minimum Gasteiger partial charge on any atom is -0.496 e. The highest BCUT2D eigenvalue weighted by atomic mass is 35.5. The molecule has 3 aromatic rings. The Morgan fingerprint density at radius 3 is 2.27 bits per heavy atom. The Kier molecular flexibility index (Phi) is 8.89. The number of amides is 1. The van der Waals surface area contributed by atoms with Crippen LogP contribution in [0.5, 0.6) is 11.5 Å². The van der Waals surface area contributed by atoms with E-state index in [1.807, 2.05) is 0 Å². The molecule has 0 aliphatic carbocycles. The molecule has 0 saturated carbocycles. The number of rotatable bonds is 10. The van der Waals surface area contributed by atoms with Crippen molar-refractivity contribution in [2.24, 2.45) is 0 Å². The molecular weight excluding hydrogens is 586 g/mol. The van der Waals surface area contributed by atoms with E-state index in [-0.39, 0.29) is 45.0 Å². The van der Waals surface area contributed by atoms with Gasteiger partial charge in [-0.05, 0) is 36.2 Å². The van der Waals surface area contributed by atoms with Gasteiger partial charge in [0.1, 0.15) is 11.8 Å². The number of nitrogens with zero attached hydrogens (tertiary/aromatic N) is 1. The number of ether oxygens (including phenoxy) is 2. The number of hydrogen-bond acceptors (Lipinski definition) is 6. The lowest BCUT2D eigenvalue weighted by Crippen LogP contribution is -2.58. The zero-order valence-corrected chi connectivity index (χ0v) is 23.7. The minimum absolute atomic E-state index is 0.0376. The summed E-state index contributed by atoms with van der Waals surface area (Å²) in [7, 11) is -1.53. The number of carbonyl (C=O) groups excluding carboxylic acids is 1. The predicted octanol–water partition coefficient (Wildman–Crippen LogP) is 4.91. The van der Waals surface area contributed by atoms with Gasteiger partial charge in [0.05, 0.1) is 37.1 Å². The number of benzene rings is 3. The predicted molar refractivity (Wildman–Crippen MR) is 147 cm³/mol. The normalized spacial score (nSPS) is 16.1. The maximum Gasteiger partial charge on any atom is 0.305 e. The highest BCUT2D eigenvalue weighted by Crippen LogP contribution is 2.44. The van der Waals surface area contributed by atoms with Gasteiger partial charge in [-0.1, -0.05) is 53.5 Å². The van der Waals surface area contributed by atoms with Gasteiger partial charge in [0, 0.05) is 22.2 Å². The lowest BCUT2D eigenvalue weighted by molar-refractivity contribution is -0.138. The van der Waals surface area contributed by atoms with E-state index in [4.69, 9.17) is 32.7 Å². The molecule has 4 rings (SSSR count). The molecule has 9 nitrogen and oxygen atoms in total. The lowest BCUT2D eigenvalue weighted by Gasteiger charge is -2.39. The molecule has 1 amide bonds. The molecule has 1 heterocycles. The lowest BCUT2D eigenvalue weighted by atomic mass is 9.95. The monoisotopic (exact) mass is 610 g/mol. The van der Waals surface area contributed by atoms with Gasteiger partial charge in [-0.15, -0.1) is 0 Å². The van der Waals surface area contributed by atoms with Gasteiger partial charge in [-0.3, -0.25) is 9.59 Å². The summed E-state index contributed by atoms with van der Waals surface area (Å²) in [5, 5.41) is 12.3. The van der Waals surface area contributed by atoms with E-state index in [0.717, 1.165) is 4.31 Å². The number of methoxy groups -OCH3 is 2. The van der Waals surface area contributed by atoms with Crippen molar-refractivity contribution in [3.63, 3.8) is 0 Å². The Labute approximate surface area is 240 Å². The Morgan fingerprint density at radius 2 is 1.75 bits per heavy atom. The molecule has 1 aliphatic heterocycles. The zero-order chi connectivity index (χ0) is 29.2. The first-order valence-corrected chi connectivity index (χ1v) is 14.2. The molecule has 0 spiro atoms. The van der Waals surface area contributed by atoms with E-state index in [9.17, 15) is 23.1 Å². The van der Waals surface area contributed by atoms with Gasteiger partial charge in [0.25, 0.3) is 0 Å². The maximum absolute atomic E-state index is 15.9. The Hall–Kier alpha value is -3.38. The van der Waals surface area contributed by atoms with Crippen LogP contribution in [0.15, 0.2) is 59.5 Å². The van der Waals surface area contributed by atoms with Crippen molar-refractivity contribution in [3.05, 3.63) is 76.0 Å². The summed E-state index contributed by atoms with van der Waals surface area (Å²) in [6, 6.07) is 11.3. The van der Waals surface area contributed by atoms with Crippen molar-refractivity contribution in [1.82, 2.24) is 9.62 Å². The highest BCUT2D eigenvalue weighted by Gasteiger charge is 2.44. The third-order valence-corrected chi connectivity index (χ3v) is 8.81. The van der Waals surface area contributed by atoms with E-state index in [0.29, 0.717) is 11.1 Å². The average Bonchev–Trinajstić information content (AvgIpc) is 2.86. The van der Waals surface area contributed by atoms with Crippen molar-refractivity contribution in [3.8, 4) is 22.6 Å². The number of nitrogens with one attached hydrogen (secondary N) is 1. The topological polar surface area (TPSA) is 122 Å². The summed E-state index contributed by atoms with van der Waals surface area (Å²) in [5.74, 6) is -3.01. The van der Waals surface area contributed by atoms with Crippen LogP contribution in [0.1, 0.15) is 24.4 Å². The van der Waals surface area contributed by atoms with Crippen LogP contribution in [0.3, 0.4) is 0 Å². The number of carboxylic acid groups (broad SMARTS) is 1. The Balaban J connectivity index is 1.68. The molecule has 3 aromatic carbocycles. The molecular formula is C27H25Cl2FN2O7S. The van der Waals surface area contributed by atoms with Crippen molar-refractivity contribution >= 4 is 45.1 Å². The Morgan fingerprint density at radius 1 is 1.10 bits per heavy atom. The average molecular weight is 611 g/mol. The largest absolute Gasteiger partial charge is 0.496 e. The summed E-state index contributed by atoms with van der Waals surface area (Å²) in [6.45, 7) is 0.0376. The summed E-state index contributed by atoms with van der Waals surface area (Å²) in [4.78, 5) is 24.8. The second-order valence-corrected chi connectivity index (χ2v) is 11.7. The van der Waals surface area contributed by atoms with Crippen LogP contribution in [0.2, 0.25) is 10.0 Å². The first-order chi connectivity index (χ1) is 19.0. The second-order valence-electron chi connectivity index (χ2n) is 8.94. The first-order valence-electron chi connectivity index (χ1n) is 12.0. The van der Waals surface area contributed by atoms with E-state index < -0.39 is 46.2 Å². The number of hydrogen-bond donors (Lipinski definition) is 2. The van der Waals surface area contributed by atoms with Crippen LogP contribution in [-0.2, 0) is 19.6 Å². The third-order valence-electron chi connectivity index (χ3n) is 6.49. The number of sulfonamides is 1. The zero-order valence-electron chi connectivity index (χ0n) is 21.4. The van der Waals surface area contributed by atoms with Crippen molar-refractivity contribution in [1.29, 1.82) is 0 Å². The van der Waals surface area contributed by atoms with Crippen molar-refractivity contribution in [2.45, 2.75) is 29.8 Å². The quantitative estimate of drug-likeness (QED) is 0.334. The van der Waals surface area contributed by atoms with Crippen LogP contribution in [0.25, 0.3) is 11.1 Å². The molecule has 0 bridgehead atoms. The molecule has 13 heteroatoms. The minimum atomic E-state index is -4.16. The van der Waals surface area contributed by atoms with Crippen molar-refractivity contribution in [2.75, 3.05) is 20.8 Å². The number of carboxylic acids is 1. The molecule has 1 aliphatic rings. The molecule has 1 saturated heterocycles. The highest BCUT2D eigenvalue weighted by molar-refractivity contribution is 7.89. The van der Waals surface area contributed by atoms with Crippen LogP contribution in [0, 0.1) is 5.82 Å². The summed E-state index contributed by atoms with van der Waals surface area (Å²) < 4.78 is 54.1. The van der Waals surface area contributed by atoms with Gasteiger partial charge in [0.2, 0.25) is 15.9 Å². The standard InChI is InChI=1S/C27H25Cl2FN2O7S/c1-38-22-13-19(25(30)26(39-2)24(22)15-6-4-3-5-7-15)20(14-23(33)34)31-27(35)21-8-9-32(21)40(36,37)18-11-16(28)10-17(29)12-18/h3-7,10-13,20-21H,8-9,14H2,1-2H3,(H,31,35)(H,33,34)/t20-,21+/m1/s1. The molecule has 2 atom stereocenters. The van der Waals surface area contributed by atoms with Crippen LogP contribution in [-0.4, -0.2) is 56.5 Å². The SMILES string of the molecule is COc1cc([C@@H](CC(=O)O)NC(=O)[C@@H]2CCN2S(=O)(=O)c2cc(Cl)cc(Cl)c2)c(F)c(OC)c1-c1ccccc1. The molecule has 0 unspecified atom stereocenters. The molecule has 0 aromatic heterocycles. The Bertz CT molecular complexity index is 1530. The van der Waals surface area contributed by atoms with Gasteiger partial charge < -0.3 is 19.9 Å². The summed E-state index contributed by atoms with van der Waals surface area (Å²) in [6.07, 6.45) is -0.524. The smallest absolute Gasteiger partial charge is 0.305 e. The van der Waals surface area contributed by atoms with Crippen LogP contribution < -0.4 is 14.8 Å². The van der Waals surface area contributed by atoms with Crippen LogP contribution >= 0.6 is 23.2 Å². The van der Waals surface area contributed by atoms with Crippen LogP contribution in [0.4, 0.5) is 4.39 Å². The molecule has 0 radical (unpaired) electrons. The van der Waals surface area contributed by atoms with E-state index in [1.165, 1.54) is 38.5 Å². The fourth-order valence-electron chi connectivity index (χ4n) is 4.52. The number of aliphatic carboxylic acids is 1. The van der Waals surface area contributed by atoms with Gasteiger partial charge in [-0.2, -0.15) is 4.31 Å². The summed E-state index contributed by atoms with van der Waals surface area (Å²) in [5.41, 5.74) is 0.708. The summed E-state index contributed by atoms with van der Waals surface area (Å²) >= 11 is 11.9. The van der Waals surface area contributed by atoms with Gasteiger partial charge in [-0.25, -0.2) is 12.8 Å². The molecule has 1 fully saturated rings. The van der Waals surface area contributed by atoms with Gasteiger partial charge >= 0.3 is 5.97 Å². The second kappa shape index (κ2) is 12.0. The van der Waals surface area contributed by atoms with Crippen molar-refractivity contribution < 1.29 is 37.0 Å². The third kappa shape index (κ3) is 5.87. The van der Waals surface area contributed by atoms with E-state index >= 15 is 4.39 Å². The van der Waals surface area contributed by atoms with E-state index in [1.54, 1.807) is 30.3 Å². The van der Waals surface area contributed by atoms with E-state index in [2.05, 4.69) is 5.32 Å². The molecule has 40 heavy (non-hydrogen) atoms. The maximum atomic E-state index is 15.9. The number of carbonyl (C=O) groups is 2.